The Balaban J connectivity index is 0.782. The Labute approximate surface area is 460 Å². The van der Waals surface area contributed by atoms with Gasteiger partial charge in [-0.25, -0.2) is 0 Å². The SMILES string of the molecule is c1cc(N(c2ccc(C3CCCCC3)cc2)c2ccc3cc4c(cc3c2)oc2c4ccc3c4cc5ccc(N(c6ccc(C7CCCCC7)cc6)c6ccc(C7CCCCC7)cc6)cc5cc4oc32)ccc1C1CCCCC1. The topological polar surface area (TPSA) is 32.8 Å². The molecule has 2 aromatic heterocycles. The number of fused-ring (bicyclic) bond motifs is 9. The molecule has 0 aliphatic heterocycles. The second-order valence-corrected chi connectivity index (χ2v) is 24.2. The van der Waals surface area contributed by atoms with E-state index in [-0.39, 0.29) is 0 Å². The van der Waals surface area contributed by atoms with E-state index in [0.29, 0.717) is 23.7 Å². The lowest BCUT2D eigenvalue weighted by atomic mass is 9.84. The van der Waals surface area contributed by atoms with E-state index in [1.807, 2.05) is 0 Å². The largest absolute Gasteiger partial charge is 0.452 e. The van der Waals surface area contributed by atoms with Crippen molar-refractivity contribution in [3.63, 3.8) is 0 Å². The molecule has 11 aromatic rings. The summed E-state index contributed by atoms with van der Waals surface area (Å²) in [6.45, 7) is 0. The number of benzene rings is 9. The van der Waals surface area contributed by atoms with Gasteiger partial charge >= 0.3 is 0 Å². The van der Waals surface area contributed by atoms with Crippen LogP contribution in [0.4, 0.5) is 34.1 Å². The first-order chi connectivity index (χ1) is 38.6. The normalized spacial score (nSPS) is 17.5. The number of nitrogens with zero attached hydrogens (tertiary/aromatic N) is 2. The Bertz CT molecular complexity index is 3550. The molecule has 0 bridgehead atoms. The minimum atomic E-state index is 0.673. The van der Waals surface area contributed by atoms with E-state index in [9.17, 15) is 0 Å². The monoisotopic (exact) mass is 1020 g/mol. The minimum Gasteiger partial charge on any atom is -0.452 e. The van der Waals surface area contributed by atoms with Crippen LogP contribution >= 0.6 is 0 Å². The van der Waals surface area contributed by atoms with Gasteiger partial charge in [0.05, 0.1) is 0 Å². The van der Waals surface area contributed by atoms with E-state index >= 15 is 0 Å². The lowest BCUT2D eigenvalue weighted by Crippen LogP contribution is -2.11. The molecule has 9 aromatic carbocycles. The van der Waals surface area contributed by atoms with E-state index < -0.39 is 0 Å². The number of hydrogen-bond donors (Lipinski definition) is 0. The molecule has 4 heteroatoms. The van der Waals surface area contributed by atoms with Gasteiger partial charge in [0, 0.05) is 55.7 Å². The molecule has 15 rings (SSSR count). The standard InChI is InChI=1S/C74H72N2O2/c1-5-13-49(14-6-1)53-21-31-61(32-22-53)75(62-33-23-54(24-34-62)50-15-7-2-8-16-50)65-39-29-57-45-69-67-41-42-68-70-46-58-30-40-66(44-60(58)48-72(70)78-74(68)73(67)77-71(69)47-59(57)43-65)76(63-35-25-55(26-36-63)51-17-9-3-10-18-51)64-37-27-56(28-38-64)52-19-11-4-12-20-52/h21-52H,1-20H2. The molecule has 0 unspecified atom stereocenters. The summed E-state index contributed by atoms with van der Waals surface area (Å²) in [6, 6.07) is 65.5. The number of anilines is 6. The van der Waals surface area contributed by atoms with Crippen molar-refractivity contribution in [3.8, 4) is 0 Å². The summed E-state index contributed by atoms with van der Waals surface area (Å²) in [4.78, 5) is 4.90. The van der Waals surface area contributed by atoms with Gasteiger partial charge in [0.2, 0.25) is 0 Å². The number of furan rings is 2. The maximum absolute atomic E-state index is 6.94. The third kappa shape index (κ3) is 8.94. The fraction of sp³-hybridized carbons (Fsp3) is 0.324. The van der Waals surface area contributed by atoms with Gasteiger partial charge in [0.25, 0.3) is 0 Å². The summed E-state index contributed by atoms with van der Waals surface area (Å²) < 4.78 is 13.9. The summed E-state index contributed by atoms with van der Waals surface area (Å²) in [5, 5.41) is 9.05. The van der Waals surface area contributed by atoms with Crippen molar-refractivity contribution < 1.29 is 8.83 Å². The smallest absolute Gasteiger partial charge is 0.178 e. The lowest BCUT2D eigenvalue weighted by Gasteiger charge is -2.28. The second-order valence-electron chi connectivity index (χ2n) is 24.2. The van der Waals surface area contributed by atoms with Crippen molar-refractivity contribution in [2.45, 2.75) is 152 Å². The molecule has 0 saturated heterocycles. The Kier molecular flexibility index (Phi) is 12.6. The van der Waals surface area contributed by atoms with E-state index in [1.165, 1.54) is 184 Å². The molecule has 0 amide bonds. The predicted octanol–water partition coefficient (Wildman–Crippen LogP) is 22.9. The quantitative estimate of drug-likeness (QED) is 0.137. The summed E-state index contributed by atoms with van der Waals surface area (Å²) in [5.41, 5.74) is 16.3. The van der Waals surface area contributed by atoms with Gasteiger partial charge in [-0.05, 0) is 228 Å². The highest BCUT2D eigenvalue weighted by molar-refractivity contribution is 6.21. The second kappa shape index (κ2) is 20.5. The molecule has 2 heterocycles. The first-order valence-corrected chi connectivity index (χ1v) is 30.3. The Morgan fingerprint density at radius 2 is 0.526 bits per heavy atom. The van der Waals surface area contributed by atoms with Crippen molar-refractivity contribution >= 4 is 99.5 Å². The maximum atomic E-state index is 6.94. The van der Waals surface area contributed by atoms with Crippen LogP contribution in [0.2, 0.25) is 0 Å². The molecule has 4 aliphatic rings. The van der Waals surface area contributed by atoms with Crippen LogP contribution in [0.3, 0.4) is 0 Å². The minimum absolute atomic E-state index is 0.673. The van der Waals surface area contributed by atoms with Crippen molar-refractivity contribution in [1.82, 2.24) is 0 Å². The van der Waals surface area contributed by atoms with Crippen molar-refractivity contribution in [2.24, 2.45) is 0 Å². The van der Waals surface area contributed by atoms with E-state index in [0.717, 1.165) is 66.0 Å². The Morgan fingerprint density at radius 3 is 0.821 bits per heavy atom. The Hall–Kier alpha value is -7.30. The number of hydrogen-bond acceptors (Lipinski definition) is 4. The third-order valence-electron chi connectivity index (χ3n) is 19.4. The van der Waals surface area contributed by atoms with Crippen LogP contribution in [0, 0.1) is 0 Å². The zero-order valence-corrected chi connectivity index (χ0v) is 45.3. The molecule has 0 atom stereocenters. The highest BCUT2D eigenvalue weighted by Gasteiger charge is 2.24. The molecular formula is C74H72N2O2. The average molecular weight is 1020 g/mol. The third-order valence-corrected chi connectivity index (χ3v) is 19.4. The maximum Gasteiger partial charge on any atom is 0.178 e. The molecule has 4 aliphatic carbocycles. The fourth-order valence-corrected chi connectivity index (χ4v) is 15.0. The van der Waals surface area contributed by atoms with Gasteiger partial charge in [0.15, 0.2) is 11.2 Å². The molecule has 0 spiro atoms. The van der Waals surface area contributed by atoms with Crippen molar-refractivity contribution in [3.05, 3.63) is 192 Å². The molecule has 390 valence electrons. The van der Waals surface area contributed by atoms with Crippen LogP contribution in [-0.2, 0) is 0 Å². The van der Waals surface area contributed by atoms with Gasteiger partial charge in [0.1, 0.15) is 11.2 Å². The van der Waals surface area contributed by atoms with E-state index in [2.05, 4.69) is 180 Å². The molecule has 0 N–H and O–H groups in total. The van der Waals surface area contributed by atoms with Crippen LogP contribution in [0.25, 0.3) is 65.4 Å². The van der Waals surface area contributed by atoms with Gasteiger partial charge in [-0.3, -0.25) is 0 Å². The van der Waals surface area contributed by atoms with Crippen molar-refractivity contribution in [2.75, 3.05) is 9.80 Å². The zero-order chi connectivity index (χ0) is 51.5. The fourth-order valence-electron chi connectivity index (χ4n) is 15.0. The molecule has 78 heavy (non-hydrogen) atoms. The predicted molar refractivity (Wildman–Crippen MR) is 329 cm³/mol. The Morgan fingerprint density at radius 1 is 0.244 bits per heavy atom. The summed E-state index contributed by atoms with van der Waals surface area (Å²) in [7, 11) is 0. The highest BCUT2D eigenvalue weighted by Crippen LogP contribution is 2.46. The van der Waals surface area contributed by atoms with E-state index in [1.54, 1.807) is 0 Å². The van der Waals surface area contributed by atoms with Gasteiger partial charge in [-0.1, -0.05) is 138 Å². The molecule has 4 fully saturated rings. The summed E-state index contributed by atoms with van der Waals surface area (Å²) >= 11 is 0. The lowest BCUT2D eigenvalue weighted by molar-refractivity contribution is 0.443. The van der Waals surface area contributed by atoms with Crippen LogP contribution in [-0.4, -0.2) is 0 Å². The average Bonchev–Trinajstić information content (AvgIpc) is 4.29. The van der Waals surface area contributed by atoms with Crippen LogP contribution in [0.5, 0.6) is 0 Å². The first kappa shape index (κ1) is 47.9. The summed E-state index contributed by atoms with van der Waals surface area (Å²) in [5.74, 6) is 2.69. The molecule has 4 saturated carbocycles. The molecule has 4 nitrogen and oxygen atoms in total. The van der Waals surface area contributed by atoms with Crippen molar-refractivity contribution in [1.29, 1.82) is 0 Å². The molecule has 0 radical (unpaired) electrons. The van der Waals surface area contributed by atoms with Gasteiger partial charge in [-0.2, -0.15) is 0 Å². The van der Waals surface area contributed by atoms with Crippen LogP contribution in [0.1, 0.15) is 174 Å². The first-order valence-electron chi connectivity index (χ1n) is 30.3. The van der Waals surface area contributed by atoms with Crippen LogP contribution < -0.4 is 9.80 Å². The van der Waals surface area contributed by atoms with Crippen LogP contribution in [0.15, 0.2) is 179 Å². The van der Waals surface area contributed by atoms with Gasteiger partial charge in [-0.15, -0.1) is 0 Å². The number of rotatable bonds is 10. The molecular weight excluding hydrogens is 949 g/mol. The van der Waals surface area contributed by atoms with Gasteiger partial charge < -0.3 is 18.6 Å². The highest BCUT2D eigenvalue weighted by atomic mass is 16.4. The van der Waals surface area contributed by atoms with E-state index in [4.69, 9.17) is 8.83 Å². The summed E-state index contributed by atoms with van der Waals surface area (Å²) in [6.07, 6.45) is 26.7. The zero-order valence-electron chi connectivity index (χ0n) is 45.3.